The summed E-state index contributed by atoms with van der Waals surface area (Å²) in [4.78, 5) is 20.8. The van der Waals surface area contributed by atoms with E-state index in [-0.39, 0.29) is 12.8 Å². The van der Waals surface area contributed by atoms with Gasteiger partial charge in [0.25, 0.3) is 0 Å². The van der Waals surface area contributed by atoms with Crippen LogP contribution in [0.5, 0.6) is 0 Å². The van der Waals surface area contributed by atoms with Crippen molar-refractivity contribution >= 4 is 12.6 Å². The summed E-state index contributed by atoms with van der Waals surface area (Å²) in [5, 5.41) is 0. The Kier molecular flexibility index (Phi) is 3.70. The van der Waals surface area contributed by atoms with Crippen LogP contribution < -0.4 is 0 Å². The van der Waals surface area contributed by atoms with Crippen molar-refractivity contribution in [2.75, 3.05) is 0 Å². The molecule has 0 unspecified atom stereocenters. The molecule has 0 aliphatic carbocycles. The zero-order chi connectivity index (χ0) is 8.74. The van der Waals surface area contributed by atoms with Crippen molar-refractivity contribution in [2.24, 2.45) is 5.41 Å². The van der Waals surface area contributed by atoms with Crippen LogP contribution >= 0.6 is 0 Å². The lowest BCUT2D eigenvalue weighted by atomic mass is 9.85. The molecule has 0 fully saturated rings. The van der Waals surface area contributed by atoms with Gasteiger partial charge < -0.3 is 9.59 Å². The fraction of sp³-hybridized carbons (Fsp3) is 0.333. The lowest BCUT2D eigenvalue weighted by Gasteiger charge is -2.13. The van der Waals surface area contributed by atoms with Crippen molar-refractivity contribution in [2.45, 2.75) is 12.8 Å². The number of carbonyl (C=O) groups excluding carboxylic acids is 2. The van der Waals surface area contributed by atoms with Gasteiger partial charge >= 0.3 is 0 Å². The second-order valence-electron chi connectivity index (χ2n) is 2.23. The quantitative estimate of drug-likeness (QED) is 0.329. The van der Waals surface area contributed by atoms with Crippen LogP contribution in [0.3, 0.4) is 0 Å². The van der Waals surface area contributed by atoms with Gasteiger partial charge in [-0.15, -0.1) is 24.7 Å². The number of carbonyl (C=O) groups is 2. The Hall–Kier alpha value is -1.54. The molecule has 56 valence electrons. The van der Waals surface area contributed by atoms with Crippen molar-refractivity contribution in [1.82, 2.24) is 0 Å². The fourth-order valence-corrected chi connectivity index (χ4v) is 0.637. The van der Waals surface area contributed by atoms with E-state index in [2.05, 4.69) is 11.8 Å². The molecule has 0 bridgehead atoms. The minimum Gasteiger partial charge on any atom is -0.302 e. The minimum absolute atomic E-state index is 0.0736. The molecule has 0 aromatic rings. The fourth-order valence-electron chi connectivity index (χ4n) is 0.637. The summed E-state index contributed by atoms with van der Waals surface area (Å²) in [6.07, 6.45) is 11.1. The predicted molar refractivity (Wildman–Crippen MR) is 41.5 cm³/mol. The minimum atomic E-state index is -1.15. The molecule has 0 spiro atoms. The topological polar surface area (TPSA) is 34.1 Å². The maximum atomic E-state index is 10.4. The molecule has 0 saturated heterocycles. The van der Waals surface area contributed by atoms with Crippen molar-refractivity contribution in [3.63, 3.8) is 0 Å². The van der Waals surface area contributed by atoms with Gasteiger partial charge in [-0.25, -0.2) is 0 Å². The summed E-state index contributed by atoms with van der Waals surface area (Å²) < 4.78 is 0. The summed E-state index contributed by atoms with van der Waals surface area (Å²) in [5.41, 5.74) is -1.15. The Balaban J connectivity index is 4.50. The molecule has 0 N–H and O–H groups in total. The van der Waals surface area contributed by atoms with Crippen LogP contribution in [-0.2, 0) is 9.59 Å². The molecule has 0 rings (SSSR count). The molecule has 0 aromatic heterocycles. The molecule has 0 radical (unpaired) electrons. The molecule has 0 aliphatic heterocycles. The van der Waals surface area contributed by atoms with Gasteiger partial charge in [0.15, 0.2) is 0 Å². The van der Waals surface area contributed by atoms with E-state index in [4.69, 9.17) is 12.8 Å². The molecule has 0 atom stereocenters. The van der Waals surface area contributed by atoms with Gasteiger partial charge in [0.05, 0.1) is 0 Å². The van der Waals surface area contributed by atoms with Crippen LogP contribution in [0.25, 0.3) is 0 Å². The maximum absolute atomic E-state index is 10.4. The molecule has 0 saturated carbocycles. The first-order valence-corrected chi connectivity index (χ1v) is 3.04. The summed E-state index contributed by atoms with van der Waals surface area (Å²) >= 11 is 0. The molecule has 2 nitrogen and oxygen atoms in total. The van der Waals surface area contributed by atoms with E-state index in [1.165, 1.54) is 0 Å². The highest BCUT2D eigenvalue weighted by Gasteiger charge is 2.26. The highest BCUT2D eigenvalue weighted by atomic mass is 16.1. The maximum Gasteiger partial charge on any atom is 0.135 e. The highest BCUT2D eigenvalue weighted by Crippen LogP contribution is 2.19. The molecule has 0 heterocycles. The van der Waals surface area contributed by atoms with Crippen LogP contribution in [0.4, 0.5) is 0 Å². The molecule has 0 aliphatic rings. The average molecular weight is 148 g/mol. The SMILES string of the molecule is C#CCC(C=O)(C=O)CC#C. The normalized spacial score (nSPS) is 9.27. The van der Waals surface area contributed by atoms with Crippen molar-refractivity contribution in [3.05, 3.63) is 0 Å². The van der Waals surface area contributed by atoms with Gasteiger partial charge in [0.2, 0.25) is 0 Å². The molecule has 11 heavy (non-hydrogen) atoms. The van der Waals surface area contributed by atoms with Gasteiger partial charge in [-0.2, -0.15) is 0 Å². The number of terminal acetylenes is 2. The van der Waals surface area contributed by atoms with Crippen molar-refractivity contribution < 1.29 is 9.59 Å². The average Bonchev–Trinajstić information content (AvgIpc) is 2.04. The van der Waals surface area contributed by atoms with Gasteiger partial charge in [0.1, 0.15) is 18.0 Å². The highest BCUT2D eigenvalue weighted by molar-refractivity contribution is 5.84. The zero-order valence-electron chi connectivity index (χ0n) is 6.04. The molecule has 2 heteroatoms. The second-order valence-corrected chi connectivity index (χ2v) is 2.23. The van der Waals surface area contributed by atoms with Crippen LogP contribution in [0, 0.1) is 30.1 Å². The van der Waals surface area contributed by atoms with Gasteiger partial charge in [-0.1, -0.05) is 0 Å². The Morgan fingerprint density at radius 1 is 1.09 bits per heavy atom. The third kappa shape index (κ3) is 2.27. The van der Waals surface area contributed by atoms with E-state index in [0.29, 0.717) is 12.6 Å². The van der Waals surface area contributed by atoms with E-state index >= 15 is 0 Å². The molecule has 0 amide bonds. The van der Waals surface area contributed by atoms with E-state index in [9.17, 15) is 9.59 Å². The lowest BCUT2D eigenvalue weighted by molar-refractivity contribution is -0.125. The largest absolute Gasteiger partial charge is 0.302 e. The lowest BCUT2D eigenvalue weighted by Crippen LogP contribution is -2.23. The van der Waals surface area contributed by atoms with Gasteiger partial charge in [-0.05, 0) is 0 Å². The number of rotatable bonds is 4. The van der Waals surface area contributed by atoms with Gasteiger partial charge in [-0.3, -0.25) is 0 Å². The predicted octanol–water partition coefficient (Wildman–Crippen LogP) is 0.417. The standard InChI is InChI=1S/C9H8O2/c1-3-5-9(7-10,8-11)6-4-2/h1-2,7-8H,5-6H2. The van der Waals surface area contributed by atoms with Crippen LogP contribution in [0.15, 0.2) is 0 Å². The first-order valence-electron chi connectivity index (χ1n) is 3.04. The smallest absolute Gasteiger partial charge is 0.135 e. The zero-order valence-corrected chi connectivity index (χ0v) is 6.04. The summed E-state index contributed by atoms with van der Waals surface area (Å²) in [6, 6.07) is 0. The second kappa shape index (κ2) is 4.30. The van der Waals surface area contributed by atoms with Crippen LogP contribution in [0.1, 0.15) is 12.8 Å². The molecular weight excluding hydrogens is 140 g/mol. The van der Waals surface area contributed by atoms with E-state index in [1.807, 2.05) is 0 Å². The Bertz CT molecular complexity index is 201. The third-order valence-corrected chi connectivity index (χ3v) is 1.33. The van der Waals surface area contributed by atoms with Crippen LogP contribution in [-0.4, -0.2) is 12.6 Å². The van der Waals surface area contributed by atoms with E-state index in [1.54, 1.807) is 0 Å². The van der Waals surface area contributed by atoms with Gasteiger partial charge in [0, 0.05) is 12.8 Å². The number of aldehydes is 2. The number of hydrogen-bond donors (Lipinski definition) is 0. The summed E-state index contributed by atoms with van der Waals surface area (Å²) in [7, 11) is 0. The van der Waals surface area contributed by atoms with E-state index in [0.717, 1.165) is 0 Å². The first kappa shape index (κ1) is 9.46. The van der Waals surface area contributed by atoms with E-state index < -0.39 is 5.41 Å². The van der Waals surface area contributed by atoms with Crippen LogP contribution in [0.2, 0.25) is 0 Å². The molecular formula is C9H8O2. The van der Waals surface area contributed by atoms with Crippen molar-refractivity contribution in [3.8, 4) is 24.7 Å². The summed E-state index contributed by atoms with van der Waals surface area (Å²) in [5.74, 6) is 4.47. The monoisotopic (exact) mass is 148 g/mol. The number of hydrogen-bond acceptors (Lipinski definition) is 2. The Labute approximate surface area is 66.0 Å². The molecule has 0 aromatic carbocycles. The Morgan fingerprint density at radius 3 is 1.64 bits per heavy atom. The Morgan fingerprint density at radius 2 is 1.45 bits per heavy atom. The first-order chi connectivity index (χ1) is 5.24. The van der Waals surface area contributed by atoms with Crippen molar-refractivity contribution in [1.29, 1.82) is 0 Å². The third-order valence-electron chi connectivity index (χ3n) is 1.33. The summed E-state index contributed by atoms with van der Waals surface area (Å²) in [6.45, 7) is 0.